The quantitative estimate of drug-likeness (QED) is 0.444. The van der Waals surface area contributed by atoms with Gasteiger partial charge < -0.3 is 30.6 Å². The molecule has 2 aromatic carbocycles. The highest BCUT2D eigenvalue weighted by molar-refractivity contribution is 5.55. The SMILES string of the molecule is Cc1ccc([C@H]2[C@@](O)([C@H](O)CO)[C@@]3(O)[C@@H](c4ccc(C)cc4)[C@@H](O)[C@@]23O)cc1. The van der Waals surface area contributed by atoms with Gasteiger partial charge in [-0.2, -0.15) is 0 Å². The fourth-order valence-corrected chi connectivity index (χ4v) is 5.35. The Bertz CT molecular complexity index is 879. The van der Waals surface area contributed by atoms with Crippen molar-refractivity contribution in [1.29, 1.82) is 0 Å². The number of aryl methyl sites for hydroxylation is 2. The van der Waals surface area contributed by atoms with Crippen LogP contribution in [0, 0.1) is 13.8 Å². The lowest BCUT2D eigenvalue weighted by Gasteiger charge is -2.80. The van der Waals surface area contributed by atoms with Gasteiger partial charge in [0.2, 0.25) is 0 Å². The van der Waals surface area contributed by atoms with E-state index in [0.29, 0.717) is 11.1 Å². The van der Waals surface area contributed by atoms with Crippen LogP contribution >= 0.6 is 0 Å². The van der Waals surface area contributed by atoms with E-state index in [4.69, 9.17) is 0 Å². The Kier molecular flexibility index (Phi) is 4.25. The lowest BCUT2D eigenvalue weighted by molar-refractivity contribution is -0.459. The van der Waals surface area contributed by atoms with Gasteiger partial charge in [-0.05, 0) is 25.0 Å². The van der Waals surface area contributed by atoms with Gasteiger partial charge >= 0.3 is 0 Å². The molecule has 150 valence electrons. The molecule has 2 fully saturated rings. The summed E-state index contributed by atoms with van der Waals surface area (Å²) in [7, 11) is 0. The summed E-state index contributed by atoms with van der Waals surface area (Å²) >= 11 is 0. The molecule has 0 aliphatic heterocycles. The lowest BCUT2D eigenvalue weighted by atomic mass is 9.30. The highest BCUT2D eigenvalue weighted by Gasteiger charge is 2.93. The van der Waals surface area contributed by atoms with E-state index in [1.807, 2.05) is 13.8 Å². The first-order valence-electron chi connectivity index (χ1n) is 9.41. The minimum Gasteiger partial charge on any atom is -0.394 e. The molecular weight excluding hydrogens is 360 g/mol. The monoisotopic (exact) mass is 386 g/mol. The fraction of sp³-hybridized carbons (Fsp3) is 0.455. The summed E-state index contributed by atoms with van der Waals surface area (Å²) in [5.74, 6) is -2.17. The van der Waals surface area contributed by atoms with Crippen LogP contribution in [0.25, 0.3) is 0 Å². The molecule has 28 heavy (non-hydrogen) atoms. The van der Waals surface area contributed by atoms with Crippen molar-refractivity contribution in [1.82, 2.24) is 0 Å². The summed E-state index contributed by atoms with van der Waals surface area (Å²) < 4.78 is 0. The smallest absolute Gasteiger partial charge is 0.138 e. The maximum absolute atomic E-state index is 11.5. The predicted molar refractivity (Wildman–Crippen MR) is 102 cm³/mol. The van der Waals surface area contributed by atoms with E-state index in [-0.39, 0.29) is 0 Å². The van der Waals surface area contributed by atoms with Gasteiger partial charge in [0.05, 0.1) is 18.6 Å². The van der Waals surface area contributed by atoms with E-state index in [2.05, 4.69) is 0 Å². The predicted octanol–water partition coefficient (Wildman–Crippen LogP) is 0.105. The minimum atomic E-state index is -2.24. The second-order valence-electron chi connectivity index (χ2n) is 8.29. The zero-order valence-corrected chi connectivity index (χ0v) is 15.8. The highest BCUT2D eigenvalue weighted by Crippen LogP contribution is 2.75. The molecule has 2 aliphatic rings. The van der Waals surface area contributed by atoms with Crippen molar-refractivity contribution in [3.8, 4) is 0 Å². The Hall–Kier alpha value is -1.80. The molecular formula is C22H26O6. The fourth-order valence-electron chi connectivity index (χ4n) is 5.35. The minimum absolute atomic E-state index is 0.467. The molecule has 2 aromatic rings. The first-order chi connectivity index (χ1) is 13.1. The van der Waals surface area contributed by atoms with E-state index < -0.39 is 47.5 Å². The van der Waals surface area contributed by atoms with E-state index in [1.54, 1.807) is 48.5 Å². The van der Waals surface area contributed by atoms with Crippen molar-refractivity contribution < 1.29 is 30.6 Å². The van der Waals surface area contributed by atoms with Crippen LogP contribution in [-0.4, -0.2) is 66.3 Å². The van der Waals surface area contributed by atoms with Crippen LogP contribution in [0.15, 0.2) is 48.5 Å². The molecule has 4 rings (SSSR count). The molecule has 2 aliphatic carbocycles. The number of aliphatic hydroxyl groups excluding tert-OH is 3. The van der Waals surface area contributed by atoms with Crippen LogP contribution < -0.4 is 0 Å². The molecule has 0 amide bonds. The summed E-state index contributed by atoms with van der Waals surface area (Å²) in [6.45, 7) is 2.98. The van der Waals surface area contributed by atoms with Crippen molar-refractivity contribution in [2.75, 3.05) is 6.61 Å². The van der Waals surface area contributed by atoms with Gasteiger partial charge in [0, 0.05) is 5.92 Å². The van der Waals surface area contributed by atoms with Crippen LogP contribution in [0.2, 0.25) is 0 Å². The van der Waals surface area contributed by atoms with Crippen molar-refractivity contribution in [3.05, 3.63) is 70.8 Å². The molecule has 6 N–H and O–H groups in total. The second-order valence-corrected chi connectivity index (χ2v) is 8.29. The van der Waals surface area contributed by atoms with E-state index in [1.165, 1.54) is 0 Å². The Balaban J connectivity index is 1.84. The van der Waals surface area contributed by atoms with Gasteiger partial charge in [0.25, 0.3) is 0 Å². The number of rotatable bonds is 4. The molecule has 0 aromatic heterocycles. The average Bonchev–Trinajstić information content (AvgIpc) is 2.69. The van der Waals surface area contributed by atoms with Crippen molar-refractivity contribution in [3.63, 3.8) is 0 Å². The Morgan fingerprint density at radius 3 is 1.79 bits per heavy atom. The number of aliphatic hydroxyl groups is 6. The van der Waals surface area contributed by atoms with Crippen LogP contribution in [-0.2, 0) is 0 Å². The molecule has 0 saturated heterocycles. The third-order valence-electron chi connectivity index (χ3n) is 6.85. The number of benzene rings is 2. The number of hydrogen-bond acceptors (Lipinski definition) is 6. The van der Waals surface area contributed by atoms with Gasteiger partial charge in [0.1, 0.15) is 22.9 Å². The molecule has 0 bridgehead atoms. The van der Waals surface area contributed by atoms with Crippen LogP contribution in [0.3, 0.4) is 0 Å². The zero-order valence-electron chi connectivity index (χ0n) is 15.8. The summed E-state index contributed by atoms with van der Waals surface area (Å²) in [6, 6.07) is 14.0. The van der Waals surface area contributed by atoms with Gasteiger partial charge in [-0.25, -0.2) is 0 Å². The Labute approximate surface area is 163 Å². The van der Waals surface area contributed by atoms with Gasteiger partial charge in [0.15, 0.2) is 0 Å². The molecule has 7 atom stereocenters. The summed E-state index contributed by atoms with van der Waals surface area (Å²) in [5, 5.41) is 65.1. The lowest BCUT2D eigenvalue weighted by Crippen LogP contribution is -2.99. The summed E-state index contributed by atoms with van der Waals surface area (Å²) in [5.41, 5.74) is -3.56. The van der Waals surface area contributed by atoms with Crippen LogP contribution in [0.1, 0.15) is 34.1 Å². The molecule has 0 radical (unpaired) electrons. The van der Waals surface area contributed by atoms with Crippen LogP contribution in [0.5, 0.6) is 0 Å². The third-order valence-corrected chi connectivity index (χ3v) is 6.85. The average molecular weight is 386 g/mol. The first kappa shape index (κ1) is 19.5. The highest BCUT2D eigenvalue weighted by atomic mass is 16.5. The zero-order chi connectivity index (χ0) is 20.5. The maximum atomic E-state index is 11.5. The van der Waals surface area contributed by atoms with Crippen molar-refractivity contribution in [2.45, 2.75) is 54.7 Å². The van der Waals surface area contributed by atoms with Crippen molar-refractivity contribution >= 4 is 0 Å². The Morgan fingerprint density at radius 2 is 1.32 bits per heavy atom. The summed E-state index contributed by atoms with van der Waals surface area (Å²) in [6.07, 6.45) is -3.05. The van der Waals surface area contributed by atoms with E-state index in [9.17, 15) is 30.6 Å². The molecule has 6 nitrogen and oxygen atoms in total. The topological polar surface area (TPSA) is 121 Å². The van der Waals surface area contributed by atoms with Crippen molar-refractivity contribution in [2.24, 2.45) is 0 Å². The molecule has 0 heterocycles. The number of hydrogen-bond donors (Lipinski definition) is 6. The van der Waals surface area contributed by atoms with E-state index in [0.717, 1.165) is 11.1 Å². The van der Waals surface area contributed by atoms with Crippen LogP contribution in [0.4, 0.5) is 0 Å². The van der Waals surface area contributed by atoms with E-state index >= 15 is 0 Å². The largest absolute Gasteiger partial charge is 0.394 e. The third kappa shape index (κ3) is 2.03. The maximum Gasteiger partial charge on any atom is 0.138 e. The number of fused-ring (bicyclic) bond motifs is 1. The van der Waals surface area contributed by atoms with Gasteiger partial charge in [-0.15, -0.1) is 0 Å². The van der Waals surface area contributed by atoms with Gasteiger partial charge in [-0.1, -0.05) is 59.7 Å². The summed E-state index contributed by atoms with van der Waals surface area (Å²) in [4.78, 5) is 0. The molecule has 6 heteroatoms. The molecule has 0 unspecified atom stereocenters. The molecule has 0 spiro atoms. The standard InChI is InChI=1S/C22H26O6/c1-12-3-7-14(8-4-12)17-19(25)21(27)18(15-9-5-13(2)6-10-15)20(26,16(24)11-23)22(17,21)28/h3-10,16-19,23-28H,11H2,1-2H3/t16-,17+,18+,19-,20+,21+,22+/m1/s1. The second kappa shape index (κ2) is 6.10. The normalized spacial score (nSPS) is 40.2. The Morgan fingerprint density at radius 1 is 0.857 bits per heavy atom. The first-order valence-corrected chi connectivity index (χ1v) is 9.41. The molecule has 2 saturated carbocycles. The van der Waals surface area contributed by atoms with Gasteiger partial charge in [-0.3, -0.25) is 0 Å².